The highest BCUT2D eigenvalue weighted by atomic mass is 19.3. The second-order valence-electron chi connectivity index (χ2n) is 5.35. The van der Waals surface area contributed by atoms with E-state index in [0.29, 0.717) is 0 Å². The first-order chi connectivity index (χ1) is 13.5. The molecule has 0 bridgehead atoms. The normalized spacial score (nSPS) is 10.7. The maximum atomic E-state index is 12.8. The highest BCUT2D eigenvalue weighted by Crippen LogP contribution is 2.21. The van der Waals surface area contributed by atoms with Gasteiger partial charge in [-0.15, -0.1) is 0 Å². The maximum absolute atomic E-state index is 12.8. The van der Waals surface area contributed by atoms with Gasteiger partial charge in [0, 0.05) is 12.3 Å². The average molecular weight is 386 g/mol. The second-order valence-corrected chi connectivity index (χ2v) is 5.35. The number of pyridine rings is 1. The average Bonchev–Trinajstić information content (AvgIpc) is 2.67. The molecule has 0 aliphatic heterocycles. The van der Waals surface area contributed by atoms with Gasteiger partial charge in [-0.3, -0.25) is 4.79 Å². The molecule has 2 aromatic heterocycles. The lowest BCUT2D eigenvalue weighted by Gasteiger charge is -2.13. The van der Waals surface area contributed by atoms with Crippen molar-refractivity contribution in [2.45, 2.75) is 13.5 Å². The van der Waals surface area contributed by atoms with Gasteiger partial charge in [0.05, 0.1) is 34.8 Å². The first-order valence-electron chi connectivity index (χ1n) is 8.00. The number of carbonyl (C=O) groups excluding carboxylic acids is 1. The minimum absolute atomic E-state index is 0.0134. The summed E-state index contributed by atoms with van der Waals surface area (Å²) >= 11 is 0. The molecule has 1 aromatic carbocycles. The minimum atomic E-state index is -3.08. The highest BCUT2D eigenvalue weighted by molar-refractivity contribution is 5.94. The summed E-state index contributed by atoms with van der Waals surface area (Å²) in [5, 5.41) is 13.3. The van der Waals surface area contributed by atoms with Gasteiger partial charge in [-0.05, 0) is 25.1 Å². The number of rotatable bonds is 5. The molecule has 0 amide bonds. The van der Waals surface area contributed by atoms with E-state index < -0.39 is 23.7 Å². The van der Waals surface area contributed by atoms with Gasteiger partial charge in [0.25, 0.3) is 0 Å². The predicted octanol–water partition coefficient (Wildman–Crippen LogP) is 2.43. The number of alkyl halides is 2. The third kappa shape index (κ3) is 3.50. The van der Waals surface area contributed by atoms with Crippen molar-refractivity contribution in [1.29, 1.82) is 5.26 Å². The fourth-order valence-electron chi connectivity index (χ4n) is 2.58. The van der Waals surface area contributed by atoms with Crippen LogP contribution in [0.15, 0.2) is 41.3 Å². The van der Waals surface area contributed by atoms with Gasteiger partial charge < -0.3 is 9.47 Å². The number of nitrogens with zero attached hydrogens (tertiary/aromatic N) is 4. The van der Waals surface area contributed by atoms with Gasteiger partial charge in [0.15, 0.2) is 0 Å². The predicted molar refractivity (Wildman–Crippen MR) is 92.4 cm³/mol. The number of nitriles is 1. The second kappa shape index (κ2) is 7.79. The largest absolute Gasteiger partial charge is 0.461 e. The molecule has 3 rings (SSSR count). The Balaban J connectivity index is 2.34. The Morgan fingerprint density at radius 3 is 2.82 bits per heavy atom. The van der Waals surface area contributed by atoms with E-state index in [-0.39, 0.29) is 34.6 Å². The van der Waals surface area contributed by atoms with Crippen molar-refractivity contribution in [1.82, 2.24) is 14.8 Å². The summed E-state index contributed by atoms with van der Waals surface area (Å²) in [6, 6.07) is 8.93. The van der Waals surface area contributed by atoms with Gasteiger partial charge >= 0.3 is 12.6 Å². The molecular formula is C18H12F2N4O4. The molecule has 0 radical (unpaired) electrons. The fraction of sp³-hybridized carbons (Fsp3) is 0.167. The molecule has 0 aliphatic rings. The number of halogens is 2. The quantitative estimate of drug-likeness (QED) is 0.620. The smallest absolute Gasteiger partial charge is 0.388 e. The highest BCUT2D eigenvalue weighted by Gasteiger charge is 2.21. The monoisotopic (exact) mass is 386 g/mol. The van der Waals surface area contributed by atoms with Crippen molar-refractivity contribution in [3.63, 3.8) is 0 Å². The Hall–Kier alpha value is -3.87. The molecule has 142 valence electrons. The molecule has 0 spiro atoms. The number of hydrogen-bond donors (Lipinski definition) is 0. The lowest BCUT2D eigenvalue weighted by atomic mass is 10.1. The molecule has 8 nitrogen and oxygen atoms in total. The van der Waals surface area contributed by atoms with Gasteiger partial charge in [-0.1, -0.05) is 6.07 Å². The van der Waals surface area contributed by atoms with Crippen LogP contribution in [-0.4, -0.2) is 34.0 Å². The van der Waals surface area contributed by atoms with Gasteiger partial charge in [-0.2, -0.15) is 19.1 Å². The standard InChI is InChI=1S/C18H12F2N4O4/c1-2-27-17(26)15-16(25)14-10(9-21)4-3-5-12(14)24(23-15)11-6-7-22-13(8-11)28-18(19)20/h3-8,18H,2H2,1H3. The van der Waals surface area contributed by atoms with E-state index in [1.165, 1.54) is 35.1 Å². The van der Waals surface area contributed by atoms with Crippen LogP contribution in [0.3, 0.4) is 0 Å². The summed E-state index contributed by atoms with van der Waals surface area (Å²) in [5.41, 5.74) is -0.880. The van der Waals surface area contributed by atoms with E-state index in [1.54, 1.807) is 6.92 Å². The van der Waals surface area contributed by atoms with E-state index in [2.05, 4.69) is 14.8 Å². The third-order valence-corrected chi connectivity index (χ3v) is 3.67. The molecule has 2 heterocycles. The maximum Gasteiger partial charge on any atom is 0.388 e. The van der Waals surface area contributed by atoms with Crippen molar-refractivity contribution in [2.24, 2.45) is 0 Å². The molecule has 28 heavy (non-hydrogen) atoms. The van der Waals surface area contributed by atoms with E-state index in [1.807, 2.05) is 6.07 Å². The number of benzene rings is 1. The Kier molecular flexibility index (Phi) is 5.26. The van der Waals surface area contributed by atoms with E-state index in [0.717, 1.165) is 6.07 Å². The van der Waals surface area contributed by atoms with Crippen LogP contribution in [0.25, 0.3) is 16.6 Å². The zero-order valence-electron chi connectivity index (χ0n) is 14.4. The number of fused-ring (bicyclic) bond motifs is 1. The lowest BCUT2D eigenvalue weighted by molar-refractivity contribution is -0.0528. The Morgan fingerprint density at radius 2 is 2.14 bits per heavy atom. The van der Waals surface area contributed by atoms with E-state index >= 15 is 0 Å². The first kappa shape index (κ1) is 18.9. The topological polar surface area (TPSA) is 107 Å². The summed E-state index contributed by atoms with van der Waals surface area (Å²) < 4.78 is 35.3. The summed E-state index contributed by atoms with van der Waals surface area (Å²) in [7, 11) is 0. The molecule has 0 saturated heterocycles. The Labute approximate surface area is 156 Å². The molecule has 0 fully saturated rings. The Bertz CT molecular complexity index is 1150. The number of aromatic nitrogens is 3. The van der Waals surface area contributed by atoms with Crippen molar-refractivity contribution in [3.05, 3.63) is 58.0 Å². The van der Waals surface area contributed by atoms with Crippen LogP contribution in [-0.2, 0) is 4.74 Å². The SMILES string of the molecule is CCOC(=O)c1nn(-c2ccnc(OC(F)F)c2)c2cccc(C#N)c2c1=O. The van der Waals surface area contributed by atoms with Crippen molar-refractivity contribution in [2.75, 3.05) is 6.61 Å². The van der Waals surface area contributed by atoms with Gasteiger partial charge in [0.2, 0.25) is 17.0 Å². The summed E-state index contributed by atoms with van der Waals surface area (Å²) in [4.78, 5) is 28.6. The van der Waals surface area contributed by atoms with Crippen LogP contribution < -0.4 is 10.2 Å². The molecule has 0 saturated carbocycles. The summed E-state index contributed by atoms with van der Waals surface area (Å²) in [6.07, 6.45) is 1.21. The Morgan fingerprint density at radius 1 is 1.36 bits per heavy atom. The third-order valence-electron chi connectivity index (χ3n) is 3.67. The van der Waals surface area contributed by atoms with Gasteiger partial charge in [0.1, 0.15) is 0 Å². The van der Waals surface area contributed by atoms with Crippen LogP contribution in [0.5, 0.6) is 5.88 Å². The van der Waals surface area contributed by atoms with Crippen molar-refractivity contribution >= 4 is 16.9 Å². The molecule has 10 heteroatoms. The number of hydrogen-bond acceptors (Lipinski definition) is 7. The zero-order chi connectivity index (χ0) is 20.3. The first-order valence-corrected chi connectivity index (χ1v) is 8.00. The van der Waals surface area contributed by atoms with Crippen molar-refractivity contribution < 1.29 is 23.0 Å². The zero-order valence-corrected chi connectivity index (χ0v) is 14.4. The summed E-state index contributed by atoms with van der Waals surface area (Å²) in [6.45, 7) is -1.50. The number of esters is 1. The van der Waals surface area contributed by atoms with Crippen LogP contribution in [0, 0.1) is 11.3 Å². The van der Waals surface area contributed by atoms with Crippen molar-refractivity contribution in [3.8, 4) is 17.6 Å². The lowest BCUT2D eigenvalue weighted by Crippen LogP contribution is -2.24. The fourth-order valence-corrected chi connectivity index (χ4v) is 2.58. The molecule has 0 unspecified atom stereocenters. The number of carbonyl (C=O) groups is 1. The summed E-state index contributed by atoms with van der Waals surface area (Å²) in [5.74, 6) is -1.34. The van der Waals surface area contributed by atoms with E-state index in [4.69, 9.17) is 4.74 Å². The van der Waals surface area contributed by atoms with Crippen LogP contribution in [0.2, 0.25) is 0 Å². The molecule has 3 aromatic rings. The molecule has 0 atom stereocenters. The van der Waals surface area contributed by atoms with Crippen LogP contribution in [0.1, 0.15) is 23.0 Å². The molecule has 0 aliphatic carbocycles. The molecular weight excluding hydrogens is 374 g/mol. The minimum Gasteiger partial charge on any atom is -0.461 e. The van der Waals surface area contributed by atoms with Crippen LogP contribution in [0.4, 0.5) is 8.78 Å². The van der Waals surface area contributed by atoms with E-state index in [9.17, 15) is 23.6 Å². The molecule has 0 N–H and O–H groups in total. The van der Waals surface area contributed by atoms with Gasteiger partial charge in [-0.25, -0.2) is 14.5 Å². The number of ether oxygens (including phenoxy) is 2. The van der Waals surface area contributed by atoms with Crippen LogP contribution >= 0.6 is 0 Å².